The average molecular weight is 284 g/mol. The van der Waals surface area contributed by atoms with Gasteiger partial charge in [0.2, 0.25) is 0 Å². The van der Waals surface area contributed by atoms with Crippen LogP contribution < -0.4 is 16.0 Å². The van der Waals surface area contributed by atoms with E-state index in [0.717, 1.165) is 11.3 Å². The minimum Gasteiger partial charge on any atom is -0.491 e. The van der Waals surface area contributed by atoms with Crippen LogP contribution in [-0.2, 0) is 0 Å². The molecule has 0 radical (unpaired) electrons. The van der Waals surface area contributed by atoms with Crippen LogP contribution in [0.2, 0.25) is 0 Å². The van der Waals surface area contributed by atoms with Crippen molar-refractivity contribution in [2.45, 2.75) is 39.8 Å². The topological polar surface area (TPSA) is 47.3 Å². The molecule has 0 aliphatic rings. The van der Waals surface area contributed by atoms with Gasteiger partial charge in [-0.2, -0.15) is 0 Å². The van der Waals surface area contributed by atoms with Crippen molar-refractivity contribution in [3.05, 3.63) is 64.7 Å². The van der Waals surface area contributed by atoms with Crippen LogP contribution >= 0.6 is 0 Å². The second-order valence-electron chi connectivity index (χ2n) is 5.70. The van der Waals surface area contributed by atoms with E-state index in [1.54, 1.807) is 0 Å². The minimum atomic E-state index is -0.0151. The Morgan fingerprint density at radius 3 is 2.19 bits per heavy atom. The number of nitrogens with one attached hydrogen (secondary N) is 1. The molecule has 0 spiro atoms. The van der Waals surface area contributed by atoms with Gasteiger partial charge in [0.25, 0.3) is 0 Å². The summed E-state index contributed by atoms with van der Waals surface area (Å²) in [4.78, 5) is 0. The van der Waals surface area contributed by atoms with Crippen LogP contribution in [0.5, 0.6) is 5.75 Å². The highest BCUT2D eigenvalue weighted by atomic mass is 16.5. The quantitative estimate of drug-likeness (QED) is 0.651. The van der Waals surface area contributed by atoms with E-state index < -0.39 is 0 Å². The second-order valence-corrected chi connectivity index (χ2v) is 5.70. The van der Waals surface area contributed by atoms with Crippen molar-refractivity contribution >= 4 is 0 Å². The van der Waals surface area contributed by atoms with Gasteiger partial charge in [-0.25, -0.2) is 5.43 Å². The van der Waals surface area contributed by atoms with Crippen molar-refractivity contribution in [1.29, 1.82) is 0 Å². The molecule has 2 aromatic rings. The summed E-state index contributed by atoms with van der Waals surface area (Å²) in [5, 5.41) is 0. The zero-order valence-corrected chi connectivity index (χ0v) is 13.2. The van der Waals surface area contributed by atoms with Crippen LogP contribution in [0.25, 0.3) is 0 Å². The maximum absolute atomic E-state index is 5.78. The Hall–Kier alpha value is -1.84. The van der Waals surface area contributed by atoms with E-state index in [4.69, 9.17) is 10.6 Å². The molecule has 0 aromatic heterocycles. The van der Waals surface area contributed by atoms with Crippen molar-refractivity contribution in [2.75, 3.05) is 0 Å². The standard InChI is InChI=1S/C18H24N2O/c1-12(2)21-16-8-6-15(7-9-16)18(20-19)17-10-5-13(3)11-14(17)4/h5-12,18,20H,19H2,1-4H3. The molecule has 0 heterocycles. The zero-order chi connectivity index (χ0) is 15.4. The summed E-state index contributed by atoms with van der Waals surface area (Å²) in [6.45, 7) is 8.25. The summed E-state index contributed by atoms with van der Waals surface area (Å²) in [7, 11) is 0. The molecule has 3 nitrogen and oxygen atoms in total. The van der Waals surface area contributed by atoms with Gasteiger partial charge in [-0.1, -0.05) is 35.9 Å². The molecule has 21 heavy (non-hydrogen) atoms. The lowest BCUT2D eigenvalue weighted by atomic mass is 9.94. The van der Waals surface area contributed by atoms with Gasteiger partial charge in [0, 0.05) is 0 Å². The summed E-state index contributed by atoms with van der Waals surface area (Å²) in [6.07, 6.45) is 0.179. The summed E-state index contributed by atoms with van der Waals surface area (Å²) in [5.74, 6) is 6.66. The number of aryl methyl sites for hydroxylation is 2. The lowest BCUT2D eigenvalue weighted by Gasteiger charge is -2.20. The molecule has 0 saturated heterocycles. The van der Waals surface area contributed by atoms with E-state index in [-0.39, 0.29) is 12.1 Å². The van der Waals surface area contributed by atoms with Crippen molar-refractivity contribution in [1.82, 2.24) is 5.43 Å². The molecule has 2 aromatic carbocycles. The van der Waals surface area contributed by atoms with E-state index in [2.05, 4.69) is 49.6 Å². The summed E-state index contributed by atoms with van der Waals surface area (Å²) in [6, 6.07) is 14.5. The molecule has 2 rings (SSSR count). The zero-order valence-electron chi connectivity index (χ0n) is 13.2. The summed E-state index contributed by atoms with van der Waals surface area (Å²) < 4.78 is 5.68. The largest absolute Gasteiger partial charge is 0.491 e. The second kappa shape index (κ2) is 6.74. The van der Waals surface area contributed by atoms with Gasteiger partial charge in [0.15, 0.2) is 0 Å². The summed E-state index contributed by atoms with van der Waals surface area (Å²) >= 11 is 0. The molecule has 112 valence electrons. The van der Waals surface area contributed by atoms with E-state index in [9.17, 15) is 0 Å². The van der Waals surface area contributed by atoms with Gasteiger partial charge < -0.3 is 4.74 Å². The SMILES string of the molecule is Cc1ccc(C(NN)c2ccc(OC(C)C)cc2)c(C)c1. The number of ether oxygens (including phenoxy) is 1. The maximum Gasteiger partial charge on any atom is 0.119 e. The Kier molecular flexibility index (Phi) is 4.99. The normalized spacial score (nSPS) is 12.5. The highest BCUT2D eigenvalue weighted by Crippen LogP contribution is 2.26. The third-order valence-electron chi connectivity index (χ3n) is 3.49. The van der Waals surface area contributed by atoms with E-state index >= 15 is 0 Å². The summed E-state index contributed by atoms with van der Waals surface area (Å²) in [5.41, 5.74) is 7.73. The van der Waals surface area contributed by atoms with Crippen molar-refractivity contribution < 1.29 is 4.74 Å². The van der Waals surface area contributed by atoms with Gasteiger partial charge in [0.1, 0.15) is 5.75 Å². The molecule has 0 aliphatic heterocycles. The molecule has 1 unspecified atom stereocenters. The predicted octanol–water partition coefficient (Wildman–Crippen LogP) is 3.64. The average Bonchev–Trinajstić information content (AvgIpc) is 2.43. The Bertz CT molecular complexity index is 591. The first-order valence-corrected chi connectivity index (χ1v) is 7.31. The fourth-order valence-electron chi connectivity index (χ4n) is 2.53. The van der Waals surface area contributed by atoms with Crippen LogP contribution in [-0.4, -0.2) is 6.10 Å². The third kappa shape index (κ3) is 3.84. The van der Waals surface area contributed by atoms with Crippen LogP contribution in [0.4, 0.5) is 0 Å². The Morgan fingerprint density at radius 1 is 1.00 bits per heavy atom. The highest BCUT2D eigenvalue weighted by molar-refractivity contribution is 5.40. The number of nitrogens with two attached hydrogens (primary N) is 1. The Balaban J connectivity index is 2.28. The smallest absolute Gasteiger partial charge is 0.119 e. The fourth-order valence-corrected chi connectivity index (χ4v) is 2.53. The fraction of sp³-hybridized carbons (Fsp3) is 0.333. The minimum absolute atomic E-state index is 0.0151. The maximum atomic E-state index is 5.78. The van der Waals surface area contributed by atoms with E-state index in [0.29, 0.717) is 0 Å². The predicted molar refractivity (Wildman–Crippen MR) is 87.3 cm³/mol. The molecule has 3 heteroatoms. The van der Waals surface area contributed by atoms with Gasteiger partial charge in [-0.3, -0.25) is 5.84 Å². The lowest BCUT2D eigenvalue weighted by Crippen LogP contribution is -2.29. The molecule has 3 N–H and O–H groups in total. The van der Waals surface area contributed by atoms with Gasteiger partial charge in [-0.15, -0.1) is 0 Å². The molecule has 0 amide bonds. The van der Waals surface area contributed by atoms with Crippen LogP contribution in [0.1, 0.15) is 42.1 Å². The van der Waals surface area contributed by atoms with Crippen molar-refractivity contribution in [2.24, 2.45) is 5.84 Å². The first-order chi connectivity index (χ1) is 10.0. The molecule has 0 fully saturated rings. The number of rotatable bonds is 5. The van der Waals surface area contributed by atoms with E-state index in [1.165, 1.54) is 16.7 Å². The molecule has 0 bridgehead atoms. The van der Waals surface area contributed by atoms with Crippen molar-refractivity contribution in [3.63, 3.8) is 0 Å². The molecule has 0 aliphatic carbocycles. The Morgan fingerprint density at radius 2 is 1.67 bits per heavy atom. The van der Waals surface area contributed by atoms with Gasteiger partial charge >= 0.3 is 0 Å². The molecular weight excluding hydrogens is 260 g/mol. The monoisotopic (exact) mass is 284 g/mol. The van der Waals surface area contributed by atoms with Gasteiger partial charge in [0.05, 0.1) is 12.1 Å². The van der Waals surface area contributed by atoms with Crippen molar-refractivity contribution in [3.8, 4) is 5.75 Å². The molecule has 1 atom stereocenters. The lowest BCUT2D eigenvalue weighted by molar-refractivity contribution is 0.242. The molecule has 0 saturated carbocycles. The first-order valence-electron chi connectivity index (χ1n) is 7.31. The van der Waals surface area contributed by atoms with Gasteiger partial charge in [-0.05, 0) is 56.5 Å². The van der Waals surface area contributed by atoms with Crippen LogP contribution in [0.3, 0.4) is 0 Å². The van der Waals surface area contributed by atoms with Crippen LogP contribution in [0, 0.1) is 13.8 Å². The number of hydrogen-bond acceptors (Lipinski definition) is 3. The Labute approximate surface area is 127 Å². The number of hydrogen-bond donors (Lipinski definition) is 2. The van der Waals surface area contributed by atoms with Crippen LogP contribution in [0.15, 0.2) is 42.5 Å². The first kappa shape index (κ1) is 15.5. The molecular formula is C18H24N2O. The third-order valence-corrected chi connectivity index (χ3v) is 3.49. The highest BCUT2D eigenvalue weighted by Gasteiger charge is 2.14. The number of benzene rings is 2. The number of hydrazine groups is 1. The van der Waals surface area contributed by atoms with E-state index in [1.807, 2.05) is 26.0 Å².